The molecule has 1 fully saturated rings. The molecule has 2 heterocycles. The number of carbonyl (C=O) groups excluding carboxylic acids is 1. The normalized spacial score (nSPS) is 26.7. The summed E-state index contributed by atoms with van der Waals surface area (Å²) in [6.07, 6.45) is -3.16. The Hall–Kier alpha value is -2.29. The lowest BCUT2D eigenvalue weighted by Crippen LogP contribution is -2.61. The van der Waals surface area contributed by atoms with Gasteiger partial charge >= 0.3 is 6.18 Å². The number of benzene rings is 1. The lowest BCUT2D eigenvalue weighted by atomic mass is 9.80. The van der Waals surface area contributed by atoms with Crippen LogP contribution in [-0.4, -0.2) is 40.4 Å². The molecule has 0 unspecified atom stereocenters. The predicted octanol–water partition coefficient (Wildman–Crippen LogP) is 2.99. The van der Waals surface area contributed by atoms with E-state index in [0.29, 0.717) is 30.8 Å². The largest absolute Gasteiger partial charge is 0.454 e. The smallest absolute Gasteiger partial charge is 0.439 e. The quantitative estimate of drug-likeness (QED) is 0.870. The van der Waals surface area contributed by atoms with E-state index in [1.807, 2.05) is 0 Å². The van der Waals surface area contributed by atoms with Crippen molar-refractivity contribution in [2.24, 2.45) is 11.0 Å². The summed E-state index contributed by atoms with van der Waals surface area (Å²) < 4.78 is 51.5. The molecule has 1 aliphatic carbocycles. The van der Waals surface area contributed by atoms with Gasteiger partial charge in [-0.2, -0.15) is 23.3 Å². The standard InChI is InChI=1S/C18H19F3N2O4/c19-18(20,21)17(25)12-3-1-2-4-13(12)22-23(17)16(24)8-6-11-5-7-14-15(9-11)27-10-26-14/h5,7,9,12,25H,1-4,6,8,10H2/t12-,17+/m0/s1. The second-order valence-electron chi connectivity index (χ2n) is 7.01. The van der Waals surface area contributed by atoms with Gasteiger partial charge in [0.1, 0.15) is 0 Å². The summed E-state index contributed by atoms with van der Waals surface area (Å²) in [6.45, 7) is 0.114. The van der Waals surface area contributed by atoms with Crippen LogP contribution in [0.2, 0.25) is 0 Å². The van der Waals surface area contributed by atoms with Crippen molar-refractivity contribution in [2.45, 2.75) is 50.4 Å². The number of halogens is 3. The monoisotopic (exact) mass is 384 g/mol. The maximum absolute atomic E-state index is 13.7. The molecule has 1 aromatic rings. The molecular formula is C18H19F3N2O4. The van der Waals surface area contributed by atoms with E-state index in [-0.39, 0.29) is 36.8 Å². The summed E-state index contributed by atoms with van der Waals surface area (Å²) in [6, 6.07) is 5.12. The highest BCUT2D eigenvalue weighted by Gasteiger charge is 2.68. The SMILES string of the molecule is O=C(CCc1ccc2c(c1)OCO2)N1N=C2CCCC[C@@H]2[C@@]1(O)C(F)(F)F. The number of amides is 1. The van der Waals surface area contributed by atoms with E-state index in [0.717, 1.165) is 5.56 Å². The molecular weight excluding hydrogens is 365 g/mol. The average Bonchev–Trinajstić information content (AvgIpc) is 3.22. The number of nitrogens with zero attached hydrogens (tertiary/aromatic N) is 2. The number of aliphatic hydroxyl groups is 1. The Labute approximate surface area is 153 Å². The maximum atomic E-state index is 13.7. The summed E-state index contributed by atoms with van der Waals surface area (Å²) in [4.78, 5) is 12.6. The van der Waals surface area contributed by atoms with Gasteiger partial charge in [0.05, 0.1) is 5.92 Å². The van der Waals surface area contributed by atoms with Crippen LogP contribution in [0.15, 0.2) is 23.3 Å². The molecule has 0 radical (unpaired) electrons. The zero-order valence-electron chi connectivity index (χ0n) is 14.5. The van der Waals surface area contributed by atoms with Gasteiger partial charge in [0.2, 0.25) is 12.7 Å². The fourth-order valence-electron chi connectivity index (χ4n) is 3.92. The molecule has 1 amide bonds. The summed E-state index contributed by atoms with van der Waals surface area (Å²) in [5, 5.41) is 14.7. The second kappa shape index (κ2) is 6.40. The molecule has 1 saturated carbocycles. The van der Waals surface area contributed by atoms with Crippen molar-refractivity contribution < 1.29 is 32.5 Å². The molecule has 6 nitrogen and oxygen atoms in total. The molecule has 0 aromatic heterocycles. The van der Waals surface area contributed by atoms with Gasteiger partial charge in [-0.15, -0.1) is 0 Å². The summed E-state index contributed by atoms with van der Waals surface area (Å²) >= 11 is 0. The van der Waals surface area contributed by atoms with Crippen LogP contribution in [0.5, 0.6) is 11.5 Å². The minimum atomic E-state index is -4.98. The Bertz CT molecular complexity index is 795. The lowest BCUT2D eigenvalue weighted by Gasteiger charge is -2.38. The third kappa shape index (κ3) is 2.93. The average molecular weight is 384 g/mol. The van der Waals surface area contributed by atoms with Crippen molar-refractivity contribution in [1.82, 2.24) is 5.01 Å². The van der Waals surface area contributed by atoms with Gasteiger partial charge in [0, 0.05) is 12.1 Å². The van der Waals surface area contributed by atoms with Gasteiger partial charge in [0.15, 0.2) is 11.5 Å². The molecule has 146 valence electrons. The highest BCUT2D eigenvalue weighted by atomic mass is 19.4. The fourth-order valence-corrected chi connectivity index (χ4v) is 3.92. The summed E-state index contributed by atoms with van der Waals surface area (Å²) in [7, 11) is 0. The first kappa shape index (κ1) is 18.1. The Balaban J connectivity index is 1.52. The molecule has 1 aromatic carbocycles. The summed E-state index contributed by atoms with van der Waals surface area (Å²) in [5.41, 5.74) is -2.26. The minimum absolute atomic E-state index is 0.114. The number of hydrazone groups is 1. The maximum Gasteiger partial charge on any atom is 0.439 e. The van der Waals surface area contributed by atoms with Gasteiger partial charge in [-0.3, -0.25) is 4.79 Å². The van der Waals surface area contributed by atoms with Gasteiger partial charge < -0.3 is 14.6 Å². The Morgan fingerprint density at radius 1 is 1.30 bits per heavy atom. The molecule has 9 heteroatoms. The summed E-state index contributed by atoms with van der Waals surface area (Å²) in [5.74, 6) is -0.902. The zero-order chi connectivity index (χ0) is 19.2. The molecule has 27 heavy (non-hydrogen) atoms. The molecule has 0 saturated heterocycles. The van der Waals surface area contributed by atoms with Crippen LogP contribution >= 0.6 is 0 Å². The molecule has 3 aliphatic rings. The van der Waals surface area contributed by atoms with Crippen LogP contribution in [0.25, 0.3) is 0 Å². The van der Waals surface area contributed by atoms with Crippen LogP contribution in [0.3, 0.4) is 0 Å². The highest BCUT2D eigenvalue weighted by Crippen LogP contribution is 2.48. The van der Waals surface area contributed by atoms with Crippen LogP contribution in [-0.2, 0) is 11.2 Å². The van der Waals surface area contributed by atoms with E-state index in [4.69, 9.17) is 9.47 Å². The van der Waals surface area contributed by atoms with Gasteiger partial charge in [-0.05, 0) is 43.4 Å². The number of fused-ring (bicyclic) bond motifs is 2. The Morgan fingerprint density at radius 2 is 2.07 bits per heavy atom. The number of hydrogen-bond donors (Lipinski definition) is 1. The first-order valence-electron chi connectivity index (χ1n) is 8.89. The molecule has 0 bridgehead atoms. The first-order chi connectivity index (χ1) is 12.8. The number of carbonyl (C=O) groups is 1. The lowest BCUT2D eigenvalue weighted by molar-refractivity contribution is -0.317. The van der Waals surface area contributed by atoms with E-state index in [1.54, 1.807) is 18.2 Å². The molecule has 2 atom stereocenters. The van der Waals surface area contributed by atoms with E-state index in [2.05, 4.69) is 5.10 Å². The number of ether oxygens (including phenoxy) is 2. The van der Waals surface area contributed by atoms with Crippen molar-refractivity contribution in [2.75, 3.05) is 6.79 Å². The van der Waals surface area contributed by atoms with Crippen LogP contribution in [0, 0.1) is 5.92 Å². The van der Waals surface area contributed by atoms with E-state index < -0.39 is 23.7 Å². The first-order valence-corrected chi connectivity index (χ1v) is 8.89. The van der Waals surface area contributed by atoms with E-state index >= 15 is 0 Å². The Kier molecular flexibility index (Phi) is 4.29. The number of rotatable bonds is 3. The molecule has 4 rings (SSSR count). The highest BCUT2D eigenvalue weighted by molar-refractivity contribution is 5.93. The van der Waals surface area contributed by atoms with Crippen molar-refractivity contribution in [3.63, 3.8) is 0 Å². The van der Waals surface area contributed by atoms with Crippen molar-refractivity contribution in [1.29, 1.82) is 0 Å². The fraction of sp³-hybridized carbons (Fsp3) is 0.556. The van der Waals surface area contributed by atoms with Crippen molar-refractivity contribution in [3.8, 4) is 11.5 Å². The van der Waals surface area contributed by atoms with Gasteiger partial charge in [0.25, 0.3) is 5.72 Å². The topological polar surface area (TPSA) is 71.4 Å². The van der Waals surface area contributed by atoms with Crippen molar-refractivity contribution in [3.05, 3.63) is 23.8 Å². The van der Waals surface area contributed by atoms with Crippen molar-refractivity contribution >= 4 is 11.6 Å². The third-order valence-electron chi connectivity index (χ3n) is 5.33. The molecule has 0 spiro atoms. The zero-order valence-corrected chi connectivity index (χ0v) is 14.5. The minimum Gasteiger partial charge on any atom is -0.454 e. The number of alkyl halides is 3. The van der Waals surface area contributed by atoms with Gasteiger partial charge in [-0.1, -0.05) is 12.5 Å². The number of aryl methyl sites for hydroxylation is 1. The van der Waals surface area contributed by atoms with Gasteiger partial charge in [-0.25, -0.2) is 0 Å². The molecule has 2 aliphatic heterocycles. The Morgan fingerprint density at radius 3 is 2.85 bits per heavy atom. The van der Waals surface area contributed by atoms with E-state index in [1.165, 1.54) is 0 Å². The van der Waals surface area contributed by atoms with Crippen LogP contribution in [0.1, 0.15) is 37.7 Å². The molecule has 1 N–H and O–H groups in total. The van der Waals surface area contributed by atoms with E-state index in [9.17, 15) is 23.1 Å². The third-order valence-corrected chi connectivity index (χ3v) is 5.33. The number of hydrogen-bond acceptors (Lipinski definition) is 5. The predicted molar refractivity (Wildman–Crippen MR) is 88.1 cm³/mol. The van der Waals surface area contributed by atoms with Crippen LogP contribution < -0.4 is 9.47 Å². The van der Waals surface area contributed by atoms with Crippen LogP contribution in [0.4, 0.5) is 13.2 Å². The second-order valence-corrected chi connectivity index (χ2v) is 7.01.